The normalized spacial score (nSPS) is 12.4. The summed E-state index contributed by atoms with van der Waals surface area (Å²) in [5.41, 5.74) is 7.88. The van der Waals surface area contributed by atoms with Gasteiger partial charge in [-0.2, -0.15) is 15.4 Å². The summed E-state index contributed by atoms with van der Waals surface area (Å²) in [4.78, 5) is 0. The standard InChI is InChI=1S/C11H13BrN4O/c1-17-8-2-3-9(12)7(4-8)5-10(13)11-6-14-16-15-11/h2-4,6,10H,5,13H2,1H3,(H,14,15,16). The van der Waals surface area contributed by atoms with E-state index >= 15 is 0 Å². The smallest absolute Gasteiger partial charge is 0.119 e. The average Bonchev–Trinajstić information content (AvgIpc) is 2.85. The van der Waals surface area contributed by atoms with Crippen molar-refractivity contribution in [2.45, 2.75) is 12.5 Å². The lowest BCUT2D eigenvalue weighted by molar-refractivity contribution is 0.414. The summed E-state index contributed by atoms with van der Waals surface area (Å²) in [6, 6.07) is 5.63. The van der Waals surface area contributed by atoms with Gasteiger partial charge >= 0.3 is 0 Å². The zero-order valence-electron chi connectivity index (χ0n) is 9.35. The van der Waals surface area contributed by atoms with Crippen LogP contribution in [0.15, 0.2) is 28.9 Å². The van der Waals surface area contributed by atoms with Gasteiger partial charge in [0.2, 0.25) is 0 Å². The maximum absolute atomic E-state index is 6.05. The van der Waals surface area contributed by atoms with Gasteiger partial charge in [-0.1, -0.05) is 15.9 Å². The van der Waals surface area contributed by atoms with Gasteiger partial charge in [-0.3, -0.25) is 0 Å². The molecule has 0 radical (unpaired) electrons. The van der Waals surface area contributed by atoms with Crippen LogP contribution in [0.25, 0.3) is 0 Å². The highest BCUT2D eigenvalue weighted by molar-refractivity contribution is 9.10. The molecular formula is C11H13BrN4O. The molecule has 0 amide bonds. The van der Waals surface area contributed by atoms with Crippen molar-refractivity contribution in [3.63, 3.8) is 0 Å². The molecule has 6 heteroatoms. The number of hydrogen-bond acceptors (Lipinski definition) is 4. The molecule has 1 aromatic heterocycles. The van der Waals surface area contributed by atoms with Gasteiger partial charge in [0.25, 0.3) is 0 Å². The zero-order valence-corrected chi connectivity index (χ0v) is 10.9. The van der Waals surface area contributed by atoms with Gasteiger partial charge in [0, 0.05) is 4.47 Å². The molecule has 0 aliphatic rings. The van der Waals surface area contributed by atoms with Crippen molar-refractivity contribution in [1.29, 1.82) is 0 Å². The minimum absolute atomic E-state index is 0.183. The molecule has 0 aliphatic carbocycles. The third-order valence-corrected chi connectivity index (χ3v) is 3.28. The van der Waals surface area contributed by atoms with Crippen molar-refractivity contribution in [2.24, 2.45) is 5.73 Å². The Morgan fingerprint density at radius 1 is 1.53 bits per heavy atom. The Balaban J connectivity index is 2.18. The molecule has 1 atom stereocenters. The maximum atomic E-state index is 6.05. The van der Waals surface area contributed by atoms with E-state index < -0.39 is 0 Å². The Labute approximate surface area is 107 Å². The van der Waals surface area contributed by atoms with Gasteiger partial charge in [-0.05, 0) is 30.2 Å². The molecule has 0 aliphatic heterocycles. The Kier molecular flexibility index (Phi) is 3.75. The third-order valence-electron chi connectivity index (χ3n) is 2.51. The Bertz CT molecular complexity index is 486. The van der Waals surface area contributed by atoms with E-state index in [1.165, 1.54) is 0 Å². The summed E-state index contributed by atoms with van der Waals surface area (Å²) in [6.45, 7) is 0. The predicted molar refractivity (Wildman–Crippen MR) is 67.7 cm³/mol. The molecule has 2 aromatic rings. The number of ether oxygens (including phenoxy) is 1. The van der Waals surface area contributed by atoms with E-state index in [1.807, 2.05) is 18.2 Å². The summed E-state index contributed by atoms with van der Waals surface area (Å²) >= 11 is 3.50. The number of aromatic nitrogens is 3. The monoisotopic (exact) mass is 296 g/mol. The van der Waals surface area contributed by atoms with Crippen molar-refractivity contribution in [3.05, 3.63) is 40.1 Å². The molecule has 0 spiro atoms. The second-order valence-electron chi connectivity index (χ2n) is 3.66. The van der Waals surface area contributed by atoms with Crippen LogP contribution in [0, 0.1) is 0 Å². The molecule has 90 valence electrons. The average molecular weight is 297 g/mol. The first-order chi connectivity index (χ1) is 8.20. The molecule has 1 aromatic carbocycles. The number of methoxy groups -OCH3 is 1. The van der Waals surface area contributed by atoms with E-state index in [9.17, 15) is 0 Å². The number of H-pyrrole nitrogens is 1. The maximum Gasteiger partial charge on any atom is 0.119 e. The van der Waals surface area contributed by atoms with Crippen molar-refractivity contribution in [2.75, 3.05) is 7.11 Å². The molecule has 0 fully saturated rings. The van der Waals surface area contributed by atoms with Crippen LogP contribution in [0.2, 0.25) is 0 Å². The summed E-state index contributed by atoms with van der Waals surface area (Å²) in [7, 11) is 1.64. The van der Waals surface area contributed by atoms with Crippen molar-refractivity contribution in [3.8, 4) is 5.75 Å². The summed E-state index contributed by atoms with van der Waals surface area (Å²) < 4.78 is 6.20. The van der Waals surface area contributed by atoms with Gasteiger partial charge < -0.3 is 10.5 Å². The molecule has 1 heterocycles. The summed E-state index contributed by atoms with van der Waals surface area (Å²) in [5.74, 6) is 0.815. The highest BCUT2D eigenvalue weighted by Gasteiger charge is 2.12. The summed E-state index contributed by atoms with van der Waals surface area (Å²) in [5, 5.41) is 10.3. The quantitative estimate of drug-likeness (QED) is 0.902. The number of benzene rings is 1. The largest absolute Gasteiger partial charge is 0.497 e. The number of hydrogen-bond donors (Lipinski definition) is 2. The van der Waals surface area contributed by atoms with Crippen molar-refractivity contribution < 1.29 is 4.74 Å². The van der Waals surface area contributed by atoms with Crippen LogP contribution in [-0.4, -0.2) is 22.5 Å². The van der Waals surface area contributed by atoms with Crippen LogP contribution in [-0.2, 0) is 6.42 Å². The van der Waals surface area contributed by atoms with Crippen molar-refractivity contribution in [1.82, 2.24) is 15.4 Å². The number of nitrogens with two attached hydrogens (primary N) is 1. The van der Waals surface area contributed by atoms with E-state index in [-0.39, 0.29) is 6.04 Å². The van der Waals surface area contributed by atoms with Crippen LogP contribution in [0.5, 0.6) is 5.75 Å². The van der Waals surface area contributed by atoms with Crippen LogP contribution in [0.3, 0.4) is 0 Å². The minimum atomic E-state index is -0.183. The van der Waals surface area contributed by atoms with Gasteiger partial charge in [0.1, 0.15) is 5.75 Å². The molecule has 0 saturated carbocycles. The summed E-state index contributed by atoms with van der Waals surface area (Å²) in [6.07, 6.45) is 2.31. The van der Waals surface area contributed by atoms with Crippen molar-refractivity contribution >= 4 is 15.9 Å². The second kappa shape index (κ2) is 5.29. The van der Waals surface area contributed by atoms with Crippen LogP contribution < -0.4 is 10.5 Å². The number of aromatic amines is 1. The molecule has 0 saturated heterocycles. The predicted octanol–water partition coefficient (Wildman–Crippen LogP) is 1.82. The molecule has 0 bridgehead atoms. The Hall–Kier alpha value is -1.40. The topological polar surface area (TPSA) is 76.8 Å². The fourth-order valence-corrected chi connectivity index (χ4v) is 1.97. The van der Waals surface area contributed by atoms with E-state index in [2.05, 4.69) is 31.3 Å². The first kappa shape index (κ1) is 12.1. The number of halogens is 1. The second-order valence-corrected chi connectivity index (χ2v) is 4.52. The zero-order chi connectivity index (χ0) is 12.3. The highest BCUT2D eigenvalue weighted by Crippen LogP contribution is 2.25. The molecular weight excluding hydrogens is 284 g/mol. The fraction of sp³-hybridized carbons (Fsp3) is 0.273. The van der Waals surface area contributed by atoms with E-state index in [0.717, 1.165) is 21.5 Å². The van der Waals surface area contributed by atoms with Gasteiger partial charge in [-0.15, -0.1) is 0 Å². The molecule has 3 N–H and O–H groups in total. The first-order valence-corrected chi connectivity index (χ1v) is 5.93. The minimum Gasteiger partial charge on any atom is -0.497 e. The van der Waals surface area contributed by atoms with Gasteiger partial charge in [0.05, 0.1) is 25.0 Å². The highest BCUT2D eigenvalue weighted by atomic mass is 79.9. The molecule has 17 heavy (non-hydrogen) atoms. The van der Waals surface area contributed by atoms with Crippen LogP contribution >= 0.6 is 15.9 Å². The SMILES string of the molecule is COc1ccc(Br)c(CC(N)c2cn[nH]n2)c1. The van der Waals surface area contributed by atoms with E-state index in [1.54, 1.807) is 13.3 Å². The lowest BCUT2D eigenvalue weighted by atomic mass is 10.0. The lowest BCUT2D eigenvalue weighted by Gasteiger charge is -2.11. The van der Waals surface area contributed by atoms with Gasteiger partial charge in [0.15, 0.2) is 0 Å². The van der Waals surface area contributed by atoms with Crippen LogP contribution in [0.1, 0.15) is 17.3 Å². The Morgan fingerprint density at radius 2 is 2.35 bits per heavy atom. The van der Waals surface area contributed by atoms with E-state index in [0.29, 0.717) is 6.42 Å². The van der Waals surface area contributed by atoms with E-state index in [4.69, 9.17) is 10.5 Å². The fourth-order valence-electron chi connectivity index (χ4n) is 1.57. The number of rotatable bonds is 4. The van der Waals surface area contributed by atoms with Gasteiger partial charge in [-0.25, -0.2) is 0 Å². The van der Waals surface area contributed by atoms with Crippen LogP contribution in [0.4, 0.5) is 0 Å². The molecule has 1 unspecified atom stereocenters. The Morgan fingerprint density at radius 3 is 3.00 bits per heavy atom. The lowest BCUT2D eigenvalue weighted by Crippen LogP contribution is -2.14. The molecule has 2 rings (SSSR count). The number of nitrogens with one attached hydrogen (secondary N) is 1. The third kappa shape index (κ3) is 2.83. The first-order valence-electron chi connectivity index (χ1n) is 5.14. The number of nitrogens with zero attached hydrogens (tertiary/aromatic N) is 2. The molecule has 5 nitrogen and oxygen atoms in total.